The third kappa shape index (κ3) is 4.72. The first-order valence-electron chi connectivity index (χ1n) is 13.4. The third-order valence-corrected chi connectivity index (χ3v) is 9.24. The number of benzene rings is 1. The number of rotatable bonds is 8. The highest BCUT2D eigenvalue weighted by Gasteiger charge is 2.75. The number of imidazole rings is 1. The van der Waals surface area contributed by atoms with Gasteiger partial charge in [0.25, 0.3) is 0 Å². The number of ether oxygens (including phenoxy) is 2. The van der Waals surface area contributed by atoms with Crippen molar-refractivity contribution < 1.29 is 24.5 Å². The molecule has 0 spiro atoms. The molecule has 11 nitrogen and oxygen atoms in total. The zero-order chi connectivity index (χ0) is 29.6. The largest absolute Gasteiger partial charge is 0.493 e. The van der Waals surface area contributed by atoms with E-state index in [1.54, 1.807) is 31.2 Å². The highest BCUT2D eigenvalue weighted by atomic mass is 35.5. The molecule has 1 amide bonds. The van der Waals surface area contributed by atoms with Crippen LogP contribution in [0.15, 0.2) is 36.7 Å². The Hall–Kier alpha value is -3.89. The zero-order valence-corrected chi connectivity index (χ0v) is 24.7. The van der Waals surface area contributed by atoms with Gasteiger partial charge in [0, 0.05) is 19.5 Å². The Morgan fingerprint density at radius 3 is 2.71 bits per heavy atom. The average Bonchev–Trinajstić information content (AvgIpc) is 3.24. The number of fused-ring (bicyclic) bond motifs is 2. The summed E-state index contributed by atoms with van der Waals surface area (Å²) in [6.07, 6.45) is 0.327. The summed E-state index contributed by atoms with van der Waals surface area (Å²) in [6, 6.07) is 8.77. The second kappa shape index (κ2) is 11.1. The predicted molar refractivity (Wildman–Crippen MR) is 158 cm³/mol. The monoisotopic (exact) mass is 608 g/mol. The van der Waals surface area contributed by atoms with E-state index in [2.05, 4.69) is 32.4 Å². The molecule has 2 fully saturated rings. The lowest BCUT2D eigenvalue weighted by Crippen LogP contribution is -2.41. The molecule has 5 atom stereocenters. The van der Waals surface area contributed by atoms with Gasteiger partial charge in [0.2, 0.25) is 11.7 Å². The average molecular weight is 609 g/mol. The molecule has 3 aromatic heterocycles. The fourth-order valence-corrected chi connectivity index (χ4v) is 6.86. The summed E-state index contributed by atoms with van der Waals surface area (Å²) in [5.41, 5.74) is 0.951. The lowest BCUT2D eigenvalue weighted by Gasteiger charge is -2.23. The Morgan fingerprint density at radius 1 is 1.19 bits per heavy atom. The molecular formula is C29H29ClN6O5S. The van der Waals surface area contributed by atoms with Crippen LogP contribution in [-0.4, -0.2) is 75.7 Å². The molecule has 218 valence electrons. The van der Waals surface area contributed by atoms with Crippen LogP contribution in [0.2, 0.25) is 4.34 Å². The van der Waals surface area contributed by atoms with Crippen LogP contribution in [0.1, 0.15) is 28.7 Å². The van der Waals surface area contributed by atoms with E-state index in [0.717, 1.165) is 10.4 Å². The molecule has 0 saturated heterocycles. The number of amides is 1. The first-order chi connectivity index (χ1) is 20.3. The SMILES string of the molecule is CNC(=O)[C@@]12C[C@@H]1[C@@H](n1cnc3c(NCCc4ccc(OC)c(OC)c4)nc(C#Cc4ccc(Cl)s4)nc31)[C@H](O)[C@@H]2O. The lowest BCUT2D eigenvalue weighted by atomic mass is 9.98. The summed E-state index contributed by atoms with van der Waals surface area (Å²) in [5.74, 6) is 7.57. The van der Waals surface area contributed by atoms with Crippen molar-refractivity contribution in [2.75, 3.05) is 33.1 Å². The summed E-state index contributed by atoms with van der Waals surface area (Å²) in [4.78, 5) is 27.4. The normalized spacial score (nSPS) is 24.0. The molecule has 42 heavy (non-hydrogen) atoms. The molecule has 1 aromatic carbocycles. The van der Waals surface area contributed by atoms with Gasteiger partial charge in [0.1, 0.15) is 6.10 Å². The van der Waals surface area contributed by atoms with Gasteiger partial charge in [0.05, 0.1) is 47.3 Å². The number of halogens is 1. The van der Waals surface area contributed by atoms with Gasteiger partial charge < -0.3 is 34.9 Å². The number of methoxy groups -OCH3 is 2. The Morgan fingerprint density at radius 2 is 2.00 bits per heavy atom. The number of aliphatic hydroxyl groups is 2. The van der Waals surface area contributed by atoms with E-state index in [4.69, 9.17) is 26.1 Å². The minimum atomic E-state index is -1.20. The van der Waals surface area contributed by atoms with E-state index in [1.165, 1.54) is 18.4 Å². The minimum Gasteiger partial charge on any atom is -0.493 e. The number of anilines is 1. The van der Waals surface area contributed by atoms with Gasteiger partial charge in [0.15, 0.2) is 28.5 Å². The zero-order valence-electron chi connectivity index (χ0n) is 23.1. The molecule has 6 rings (SSSR count). The fourth-order valence-electron chi connectivity index (χ4n) is 5.96. The molecule has 3 heterocycles. The molecule has 0 aliphatic heterocycles. The van der Waals surface area contributed by atoms with E-state index in [0.29, 0.717) is 52.2 Å². The molecule has 2 aliphatic rings. The first kappa shape index (κ1) is 28.2. The third-order valence-electron chi connectivity index (χ3n) is 8.09. The van der Waals surface area contributed by atoms with Gasteiger partial charge in [-0.3, -0.25) is 4.79 Å². The van der Waals surface area contributed by atoms with Crippen molar-refractivity contribution in [3.05, 3.63) is 57.3 Å². The highest BCUT2D eigenvalue weighted by Crippen LogP contribution is 2.67. The van der Waals surface area contributed by atoms with Crippen LogP contribution in [0.4, 0.5) is 5.82 Å². The number of aromatic nitrogens is 4. The minimum absolute atomic E-state index is 0.254. The standard InChI is InChI=1S/C29H29ClN6O5S/c1-31-28(39)29-13-17(29)23(24(37)25(29)38)36-14-33-22-26(32-11-10-15-4-7-18(40-2)19(12-15)41-3)34-21(35-27(22)36)9-6-16-5-8-20(30)42-16/h4-5,7-8,12,14,17,23-25,37-38H,10-11,13H2,1-3H3,(H,31,39)(H,32,34,35)/t17-,23-,24+,25+,29+/m1/s1. The Kier molecular flexibility index (Phi) is 7.44. The number of hydrogen-bond donors (Lipinski definition) is 4. The van der Waals surface area contributed by atoms with E-state index in [-0.39, 0.29) is 17.6 Å². The number of carbonyl (C=O) groups excluding carboxylic acids is 1. The smallest absolute Gasteiger partial charge is 0.229 e. The molecule has 4 N–H and O–H groups in total. The second-order valence-corrected chi connectivity index (χ2v) is 12.0. The summed E-state index contributed by atoms with van der Waals surface area (Å²) in [6.45, 7) is 0.523. The molecule has 0 radical (unpaired) electrons. The van der Waals surface area contributed by atoms with Crippen LogP contribution in [0.3, 0.4) is 0 Å². The lowest BCUT2D eigenvalue weighted by molar-refractivity contribution is -0.132. The number of thiophene rings is 1. The first-order valence-corrected chi connectivity index (χ1v) is 14.5. The summed E-state index contributed by atoms with van der Waals surface area (Å²) in [7, 11) is 4.73. The van der Waals surface area contributed by atoms with Gasteiger partial charge in [-0.05, 0) is 54.5 Å². The van der Waals surface area contributed by atoms with E-state index in [1.807, 2.05) is 24.3 Å². The summed E-state index contributed by atoms with van der Waals surface area (Å²) < 4.78 is 13.1. The van der Waals surface area contributed by atoms with Crippen LogP contribution < -0.4 is 20.1 Å². The van der Waals surface area contributed by atoms with Gasteiger partial charge in [-0.25, -0.2) is 15.0 Å². The van der Waals surface area contributed by atoms with E-state index < -0.39 is 23.7 Å². The molecule has 0 bridgehead atoms. The molecule has 2 saturated carbocycles. The quantitative estimate of drug-likeness (QED) is 0.222. The molecule has 13 heteroatoms. The number of hydrogen-bond acceptors (Lipinski definition) is 10. The predicted octanol–water partition coefficient (Wildman–Crippen LogP) is 2.64. The molecule has 2 aliphatic carbocycles. The maximum absolute atomic E-state index is 12.7. The van der Waals surface area contributed by atoms with Crippen LogP contribution in [0.25, 0.3) is 11.2 Å². The number of nitrogens with zero attached hydrogens (tertiary/aromatic N) is 4. The van der Waals surface area contributed by atoms with Gasteiger partial charge in [-0.15, -0.1) is 11.3 Å². The van der Waals surface area contributed by atoms with Crippen molar-refractivity contribution in [2.24, 2.45) is 11.3 Å². The van der Waals surface area contributed by atoms with Crippen LogP contribution >= 0.6 is 22.9 Å². The van der Waals surface area contributed by atoms with Gasteiger partial charge in [-0.1, -0.05) is 17.7 Å². The Balaban J connectivity index is 1.34. The number of nitrogens with one attached hydrogen (secondary N) is 2. The van der Waals surface area contributed by atoms with Crippen molar-refractivity contribution in [3.63, 3.8) is 0 Å². The number of carbonyl (C=O) groups is 1. The summed E-state index contributed by atoms with van der Waals surface area (Å²) >= 11 is 7.42. The Bertz CT molecular complexity index is 1730. The van der Waals surface area contributed by atoms with Crippen molar-refractivity contribution in [1.82, 2.24) is 24.8 Å². The second-order valence-electron chi connectivity index (χ2n) is 10.3. The fraction of sp³-hybridized carbons (Fsp3) is 0.379. The van der Waals surface area contributed by atoms with Crippen molar-refractivity contribution in [3.8, 4) is 23.3 Å². The van der Waals surface area contributed by atoms with Gasteiger partial charge in [-0.2, -0.15) is 0 Å². The van der Waals surface area contributed by atoms with Crippen molar-refractivity contribution in [1.29, 1.82) is 0 Å². The van der Waals surface area contributed by atoms with E-state index in [9.17, 15) is 15.0 Å². The maximum atomic E-state index is 12.7. The summed E-state index contributed by atoms with van der Waals surface area (Å²) in [5, 5.41) is 27.9. The van der Waals surface area contributed by atoms with E-state index >= 15 is 0 Å². The molecule has 0 unspecified atom stereocenters. The topological polar surface area (TPSA) is 144 Å². The Labute approximate surface area is 250 Å². The number of aliphatic hydroxyl groups excluding tert-OH is 2. The van der Waals surface area contributed by atoms with Crippen LogP contribution in [0.5, 0.6) is 11.5 Å². The molecular weight excluding hydrogens is 580 g/mol. The maximum Gasteiger partial charge on any atom is 0.229 e. The van der Waals surface area contributed by atoms with Crippen LogP contribution in [-0.2, 0) is 11.2 Å². The van der Waals surface area contributed by atoms with Crippen LogP contribution in [0, 0.1) is 23.2 Å². The highest BCUT2D eigenvalue weighted by molar-refractivity contribution is 7.16. The van der Waals surface area contributed by atoms with Crippen molar-refractivity contribution in [2.45, 2.75) is 31.1 Å². The van der Waals surface area contributed by atoms with Crippen molar-refractivity contribution >= 4 is 45.8 Å². The van der Waals surface area contributed by atoms with Gasteiger partial charge >= 0.3 is 0 Å². The molecule has 4 aromatic rings.